The van der Waals surface area contributed by atoms with E-state index >= 15 is 0 Å². The molecule has 0 unspecified atom stereocenters. The Morgan fingerprint density at radius 2 is 1.87 bits per heavy atom. The number of ether oxygens (including phenoxy) is 1. The van der Waals surface area contributed by atoms with Gasteiger partial charge in [0.25, 0.3) is 5.91 Å². The fourth-order valence-electron chi connectivity index (χ4n) is 2.66. The smallest absolute Gasteiger partial charge is 0.387 e. The maximum atomic E-state index is 12.6. The summed E-state index contributed by atoms with van der Waals surface area (Å²) in [7, 11) is 0. The Morgan fingerprint density at radius 1 is 1.10 bits per heavy atom. The molecule has 0 saturated heterocycles. The SMILES string of the molecule is CCNC(=O)c1cccc(CN=C(NCC)NCc2cc(Cl)ccc2OC(F)F)c1. The lowest BCUT2D eigenvalue weighted by molar-refractivity contribution is -0.0504. The number of carbonyl (C=O) groups excluding carboxylic acids is 1. The van der Waals surface area contributed by atoms with Crippen molar-refractivity contribution in [1.82, 2.24) is 16.0 Å². The van der Waals surface area contributed by atoms with Crippen molar-refractivity contribution in [3.05, 3.63) is 64.2 Å². The summed E-state index contributed by atoms with van der Waals surface area (Å²) in [5, 5.41) is 9.35. The van der Waals surface area contributed by atoms with Crippen molar-refractivity contribution in [3.8, 4) is 5.75 Å². The third-order valence-electron chi connectivity index (χ3n) is 3.98. The normalized spacial score (nSPS) is 11.3. The van der Waals surface area contributed by atoms with E-state index in [1.54, 1.807) is 24.3 Å². The minimum absolute atomic E-state index is 0.0485. The van der Waals surface area contributed by atoms with Crippen molar-refractivity contribution in [2.45, 2.75) is 33.5 Å². The van der Waals surface area contributed by atoms with Crippen LogP contribution in [0, 0.1) is 0 Å². The summed E-state index contributed by atoms with van der Waals surface area (Å²) in [6.07, 6.45) is 0. The molecule has 0 atom stereocenters. The van der Waals surface area contributed by atoms with Crippen molar-refractivity contribution in [1.29, 1.82) is 0 Å². The quantitative estimate of drug-likeness (QED) is 0.409. The highest BCUT2D eigenvalue weighted by Gasteiger charge is 2.11. The summed E-state index contributed by atoms with van der Waals surface area (Å²) in [5.74, 6) is 0.400. The minimum Gasteiger partial charge on any atom is -0.434 e. The summed E-state index contributed by atoms with van der Waals surface area (Å²) < 4.78 is 29.8. The molecule has 0 aliphatic carbocycles. The number of benzene rings is 2. The molecule has 0 aliphatic rings. The van der Waals surface area contributed by atoms with E-state index in [1.807, 2.05) is 19.9 Å². The van der Waals surface area contributed by atoms with Gasteiger partial charge in [-0.25, -0.2) is 4.99 Å². The second kappa shape index (κ2) is 12.0. The monoisotopic (exact) mass is 438 g/mol. The molecule has 0 aromatic heterocycles. The number of guanidine groups is 1. The number of hydrogen-bond acceptors (Lipinski definition) is 3. The molecule has 0 spiro atoms. The van der Waals surface area contributed by atoms with E-state index in [9.17, 15) is 13.6 Å². The van der Waals surface area contributed by atoms with Gasteiger partial charge in [-0.15, -0.1) is 0 Å². The van der Waals surface area contributed by atoms with Gasteiger partial charge < -0.3 is 20.7 Å². The fraction of sp³-hybridized carbons (Fsp3) is 0.333. The van der Waals surface area contributed by atoms with E-state index in [1.165, 1.54) is 12.1 Å². The molecular weight excluding hydrogens is 414 g/mol. The zero-order valence-electron chi connectivity index (χ0n) is 16.8. The summed E-state index contributed by atoms with van der Waals surface area (Å²) in [6.45, 7) is 2.53. The van der Waals surface area contributed by atoms with Crippen molar-refractivity contribution in [3.63, 3.8) is 0 Å². The van der Waals surface area contributed by atoms with Crippen LogP contribution in [0.2, 0.25) is 5.02 Å². The second-order valence-electron chi connectivity index (χ2n) is 6.24. The molecule has 0 heterocycles. The molecule has 0 bridgehead atoms. The molecule has 30 heavy (non-hydrogen) atoms. The van der Waals surface area contributed by atoms with Gasteiger partial charge >= 0.3 is 6.61 Å². The van der Waals surface area contributed by atoms with Gasteiger partial charge in [0.1, 0.15) is 5.75 Å². The van der Waals surface area contributed by atoms with E-state index in [2.05, 4.69) is 25.7 Å². The first-order chi connectivity index (χ1) is 14.4. The maximum Gasteiger partial charge on any atom is 0.387 e. The first-order valence-electron chi connectivity index (χ1n) is 9.55. The Morgan fingerprint density at radius 3 is 2.57 bits per heavy atom. The Labute approximate surface area is 179 Å². The highest BCUT2D eigenvalue weighted by Crippen LogP contribution is 2.24. The standard InChI is InChI=1S/C21H25ClF2N4O2/c1-3-25-19(29)15-7-5-6-14(10-15)12-27-21(26-4-2)28-13-16-11-17(22)8-9-18(16)30-20(23)24/h5-11,20H,3-4,12-13H2,1-2H3,(H,25,29)(H2,26,27,28). The van der Waals surface area contributed by atoms with Gasteiger partial charge in [0.2, 0.25) is 0 Å². The molecule has 3 N–H and O–H groups in total. The van der Waals surface area contributed by atoms with Gasteiger partial charge in [0.15, 0.2) is 5.96 Å². The Balaban J connectivity index is 2.10. The largest absolute Gasteiger partial charge is 0.434 e. The molecule has 2 aromatic rings. The number of nitrogens with zero attached hydrogens (tertiary/aromatic N) is 1. The molecule has 2 aromatic carbocycles. The lowest BCUT2D eigenvalue weighted by Crippen LogP contribution is -2.36. The number of aliphatic imine (C=N–C) groups is 1. The first-order valence-corrected chi connectivity index (χ1v) is 9.93. The van der Waals surface area contributed by atoms with Crippen LogP contribution in [0.15, 0.2) is 47.5 Å². The predicted molar refractivity (Wildman–Crippen MR) is 114 cm³/mol. The molecule has 1 amide bonds. The van der Waals surface area contributed by atoms with Crippen LogP contribution >= 0.6 is 11.6 Å². The summed E-state index contributed by atoms with van der Waals surface area (Å²) >= 11 is 5.98. The van der Waals surface area contributed by atoms with Crippen LogP contribution in [0.25, 0.3) is 0 Å². The van der Waals surface area contributed by atoms with Crippen LogP contribution in [-0.4, -0.2) is 31.6 Å². The van der Waals surface area contributed by atoms with Gasteiger partial charge in [-0.3, -0.25) is 4.79 Å². The molecular formula is C21H25ClF2N4O2. The Bertz CT molecular complexity index is 878. The van der Waals surface area contributed by atoms with E-state index in [0.717, 1.165) is 5.56 Å². The second-order valence-corrected chi connectivity index (χ2v) is 6.68. The van der Waals surface area contributed by atoms with Crippen molar-refractivity contribution >= 4 is 23.5 Å². The van der Waals surface area contributed by atoms with Crippen LogP contribution in [0.4, 0.5) is 8.78 Å². The van der Waals surface area contributed by atoms with Crippen molar-refractivity contribution < 1.29 is 18.3 Å². The van der Waals surface area contributed by atoms with E-state index < -0.39 is 6.61 Å². The summed E-state index contributed by atoms with van der Waals surface area (Å²) in [4.78, 5) is 16.5. The molecule has 0 radical (unpaired) electrons. The van der Waals surface area contributed by atoms with Gasteiger partial charge in [-0.05, 0) is 49.7 Å². The number of amides is 1. The molecule has 2 rings (SSSR count). The topological polar surface area (TPSA) is 74.8 Å². The van der Waals surface area contributed by atoms with E-state index in [0.29, 0.717) is 41.7 Å². The van der Waals surface area contributed by atoms with Crippen LogP contribution in [0.3, 0.4) is 0 Å². The van der Waals surface area contributed by atoms with Gasteiger partial charge in [0.05, 0.1) is 6.54 Å². The molecule has 0 aliphatic heterocycles. The highest BCUT2D eigenvalue weighted by molar-refractivity contribution is 6.30. The average molecular weight is 439 g/mol. The van der Waals surface area contributed by atoms with E-state index in [-0.39, 0.29) is 18.2 Å². The zero-order valence-corrected chi connectivity index (χ0v) is 17.6. The van der Waals surface area contributed by atoms with Crippen LogP contribution in [0.1, 0.15) is 35.3 Å². The lowest BCUT2D eigenvalue weighted by atomic mass is 10.1. The number of alkyl halides is 2. The molecule has 162 valence electrons. The third kappa shape index (κ3) is 7.51. The number of halogens is 3. The van der Waals surface area contributed by atoms with Crippen molar-refractivity contribution in [2.24, 2.45) is 4.99 Å². The Hall–Kier alpha value is -2.87. The summed E-state index contributed by atoms with van der Waals surface area (Å²) in [6, 6.07) is 11.7. The molecule has 0 saturated carbocycles. The highest BCUT2D eigenvalue weighted by atomic mass is 35.5. The van der Waals surface area contributed by atoms with Gasteiger partial charge in [-0.2, -0.15) is 8.78 Å². The van der Waals surface area contributed by atoms with Gasteiger partial charge in [-0.1, -0.05) is 23.7 Å². The number of hydrogen-bond donors (Lipinski definition) is 3. The fourth-order valence-corrected chi connectivity index (χ4v) is 2.86. The summed E-state index contributed by atoms with van der Waals surface area (Å²) in [5.41, 5.74) is 1.90. The Kier molecular flexibility index (Phi) is 9.34. The van der Waals surface area contributed by atoms with Crippen LogP contribution in [-0.2, 0) is 13.1 Å². The molecule has 6 nitrogen and oxygen atoms in total. The maximum absolute atomic E-state index is 12.6. The van der Waals surface area contributed by atoms with Gasteiger partial charge in [0, 0.05) is 35.8 Å². The molecule has 9 heteroatoms. The lowest BCUT2D eigenvalue weighted by Gasteiger charge is -2.15. The van der Waals surface area contributed by atoms with Crippen LogP contribution in [0.5, 0.6) is 5.75 Å². The molecule has 0 fully saturated rings. The number of nitrogens with one attached hydrogen (secondary N) is 3. The first kappa shape index (κ1) is 23.4. The van der Waals surface area contributed by atoms with Crippen LogP contribution < -0.4 is 20.7 Å². The zero-order chi connectivity index (χ0) is 21.9. The van der Waals surface area contributed by atoms with E-state index in [4.69, 9.17) is 11.6 Å². The minimum atomic E-state index is -2.93. The third-order valence-corrected chi connectivity index (χ3v) is 4.21. The number of carbonyl (C=O) groups is 1. The predicted octanol–water partition coefficient (Wildman–Crippen LogP) is 3.95. The number of rotatable bonds is 9. The average Bonchev–Trinajstić information content (AvgIpc) is 2.72. The van der Waals surface area contributed by atoms with Crippen molar-refractivity contribution in [2.75, 3.05) is 13.1 Å².